The highest BCUT2D eigenvalue weighted by Crippen LogP contribution is 2.32. The maximum Gasteiger partial charge on any atom is 0.278 e. The van der Waals surface area contributed by atoms with Crippen LogP contribution in [-0.2, 0) is 20.2 Å². The molecule has 0 bridgehead atoms. The highest BCUT2D eigenvalue weighted by molar-refractivity contribution is 7.93. The van der Waals surface area contributed by atoms with Crippen LogP contribution in [0.15, 0.2) is 114 Å². The van der Waals surface area contributed by atoms with Crippen LogP contribution in [0.4, 0.5) is 5.69 Å². The summed E-state index contributed by atoms with van der Waals surface area (Å²) in [6, 6.07) is 31.8. The Bertz CT molecular complexity index is 1430. The lowest BCUT2D eigenvalue weighted by atomic mass is 9.78. The lowest BCUT2D eigenvalue weighted by Crippen LogP contribution is -2.40. The Morgan fingerprint density at radius 3 is 1.81 bits per heavy atom. The van der Waals surface area contributed by atoms with Gasteiger partial charge in [-0.1, -0.05) is 74.5 Å². The molecule has 0 aliphatic rings. The minimum absolute atomic E-state index is 0.00617. The van der Waals surface area contributed by atoms with Gasteiger partial charge in [0.05, 0.1) is 17.7 Å². The summed E-state index contributed by atoms with van der Waals surface area (Å²) in [4.78, 5) is 13.3. The molecule has 0 spiro atoms. The lowest BCUT2D eigenvalue weighted by Gasteiger charge is -2.26. The van der Waals surface area contributed by atoms with Crippen molar-refractivity contribution < 1.29 is 22.7 Å². The van der Waals surface area contributed by atoms with Gasteiger partial charge in [0.1, 0.15) is 11.5 Å². The number of benzene rings is 4. The fourth-order valence-corrected chi connectivity index (χ4v) is 5.46. The number of methoxy groups -OCH3 is 1. The molecule has 0 N–H and O–H groups in total. The third-order valence-electron chi connectivity index (χ3n) is 6.25. The molecule has 4 aromatic rings. The SMILES string of the molecule is COc1ccc(N(C(=O)COc2ccc(C(C)(C)c3ccccc3)cc2)S(=O)(=O)c2ccccc2)cc1. The van der Waals surface area contributed by atoms with Crippen molar-refractivity contribution in [1.29, 1.82) is 0 Å². The summed E-state index contributed by atoms with van der Waals surface area (Å²) in [7, 11) is -2.66. The van der Waals surface area contributed by atoms with Crippen LogP contribution in [0.1, 0.15) is 25.0 Å². The van der Waals surface area contributed by atoms with Crippen molar-refractivity contribution in [2.45, 2.75) is 24.2 Å². The Morgan fingerprint density at radius 2 is 1.24 bits per heavy atom. The Balaban J connectivity index is 1.55. The number of amides is 1. The molecule has 0 saturated carbocycles. The standard InChI is InChI=1S/C30H29NO5S/c1-30(2,23-10-6-4-7-11-23)24-14-18-27(19-15-24)36-22-29(32)31(25-16-20-26(35-3)21-17-25)37(33,34)28-12-8-5-9-13-28/h4-21H,22H2,1-3H3. The van der Waals surface area contributed by atoms with E-state index in [0.29, 0.717) is 11.5 Å². The van der Waals surface area contributed by atoms with Gasteiger partial charge in [-0.2, -0.15) is 4.31 Å². The maximum absolute atomic E-state index is 13.4. The number of hydrogen-bond acceptors (Lipinski definition) is 5. The minimum atomic E-state index is -4.17. The van der Waals surface area contributed by atoms with Crippen molar-refractivity contribution >= 4 is 21.6 Å². The van der Waals surface area contributed by atoms with E-state index in [1.165, 1.54) is 36.9 Å². The van der Waals surface area contributed by atoms with Crippen LogP contribution >= 0.6 is 0 Å². The summed E-state index contributed by atoms with van der Waals surface area (Å²) >= 11 is 0. The van der Waals surface area contributed by atoms with E-state index in [0.717, 1.165) is 9.87 Å². The predicted molar refractivity (Wildman–Crippen MR) is 145 cm³/mol. The monoisotopic (exact) mass is 515 g/mol. The molecule has 37 heavy (non-hydrogen) atoms. The molecule has 0 atom stereocenters. The summed E-state index contributed by atoms with van der Waals surface area (Å²) < 4.78 is 38.6. The lowest BCUT2D eigenvalue weighted by molar-refractivity contribution is -0.119. The third kappa shape index (κ3) is 5.67. The number of nitrogens with zero attached hydrogens (tertiary/aromatic N) is 1. The molecule has 4 aromatic carbocycles. The van der Waals surface area contributed by atoms with Gasteiger partial charge in [-0.15, -0.1) is 0 Å². The fraction of sp³-hybridized carbons (Fsp3) is 0.167. The number of anilines is 1. The molecule has 4 rings (SSSR count). The Morgan fingerprint density at radius 1 is 0.730 bits per heavy atom. The summed E-state index contributed by atoms with van der Waals surface area (Å²) in [5.74, 6) is 0.290. The van der Waals surface area contributed by atoms with Crippen molar-refractivity contribution in [2.75, 3.05) is 18.0 Å². The number of rotatable bonds is 9. The van der Waals surface area contributed by atoms with Crippen molar-refractivity contribution in [3.05, 3.63) is 120 Å². The Hall–Kier alpha value is -4.10. The second-order valence-corrected chi connectivity index (χ2v) is 10.8. The van der Waals surface area contributed by atoms with Crippen LogP contribution in [-0.4, -0.2) is 28.0 Å². The van der Waals surface area contributed by atoms with E-state index in [1.807, 2.05) is 30.3 Å². The Labute approximate surface area is 218 Å². The van der Waals surface area contributed by atoms with Crippen LogP contribution < -0.4 is 13.8 Å². The smallest absolute Gasteiger partial charge is 0.278 e. The number of carbonyl (C=O) groups is 1. The fourth-order valence-electron chi connectivity index (χ4n) is 4.03. The zero-order valence-corrected chi connectivity index (χ0v) is 21.8. The predicted octanol–water partition coefficient (Wildman–Crippen LogP) is 5.82. The third-order valence-corrected chi connectivity index (χ3v) is 8.01. The molecule has 7 heteroatoms. The van der Waals surface area contributed by atoms with Crippen molar-refractivity contribution in [2.24, 2.45) is 0 Å². The molecule has 0 aromatic heterocycles. The molecule has 1 amide bonds. The first-order valence-electron chi connectivity index (χ1n) is 11.8. The van der Waals surface area contributed by atoms with Gasteiger partial charge in [0.25, 0.3) is 15.9 Å². The van der Waals surface area contributed by atoms with E-state index in [1.54, 1.807) is 42.5 Å². The highest BCUT2D eigenvalue weighted by atomic mass is 32.2. The molecule has 6 nitrogen and oxygen atoms in total. The Kier molecular flexibility index (Phi) is 7.64. The van der Waals surface area contributed by atoms with Gasteiger partial charge in [0, 0.05) is 5.41 Å². The van der Waals surface area contributed by atoms with Crippen LogP contribution in [0.3, 0.4) is 0 Å². The number of sulfonamides is 1. The molecular weight excluding hydrogens is 486 g/mol. The molecule has 0 saturated heterocycles. The molecule has 0 radical (unpaired) electrons. The topological polar surface area (TPSA) is 72.9 Å². The molecule has 0 fully saturated rings. The van der Waals surface area contributed by atoms with E-state index in [4.69, 9.17) is 9.47 Å². The molecule has 190 valence electrons. The largest absolute Gasteiger partial charge is 0.497 e. The van der Waals surface area contributed by atoms with Gasteiger partial charge in [-0.3, -0.25) is 4.79 Å². The van der Waals surface area contributed by atoms with Crippen molar-refractivity contribution in [3.8, 4) is 11.5 Å². The average molecular weight is 516 g/mol. The molecular formula is C30H29NO5S. The molecule has 0 aliphatic heterocycles. The first-order chi connectivity index (χ1) is 17.7. The second-order valence-electron chi connectivity index (χ2n) is 8.98. The summed E-state index contributed by atoms with van der Waals surface area (Å²) in [5, 5.41) is 0. The van der Waals surface area contributed by atoms with Gasteiger partial charge in [0.2, 0.25) is 0 Å². The second kappa shape index (κ2) is 10.9. The van der Waals surface area contributed by atoms with Gasteiger partial charge in [-0.25, -0.2) is 8.42 Å². The first-order valence-corrected chi connectivity index (χ1v) is 13.2. The van der Waals surface area contributed by atoms with E-state index < -0.39 is 22.5 Å². The number of carbonyl (C=O) groups excluding carboxylic acids is 1. The molecule has 0 aliphatic carbocycles. The average Bonchev–Trinajstić information content (AvgIpc) is 2.93. The maximum atomic E-state index is 13.4. The van der Waals surface area contributed by atoms with Gasteiger partial charge >= 0.3 is 0 Å². The number of ether oxygens (including phenoxy) is 2. The summed E-state index contributed by atoms with van der Waals surface area (Å²) in [6.45, 7) is 3.82. The minimum Gasteiger partial charge on any atom is -0.497 e. The van der Waals surface area contributed by atoms with E-state index >= 15 is 0 Å². The van der Waals surface area contributed by atoms with Gasteiger partial charge in [0.15, 0.2) is 6.61 Å². The summed E-state index contributed by atoms with van der Waals surface area (Å²) in [6.07, 6.45) is 0. The van der Waals surface area contributed by atoms with Gasteiger partial charge < -0.3 is 9.47 Å². The van der Waals surface area contributed by atoms with Crippen LogP contribution in [0.2, 0.25) is 0 Å². The summed E-state index contributed by atoms with van der Waals surface area (Å²) in [5.41, 5.74) is 2.24. The highest BCUT2D eigenvalue weighted by Gasteiger charge is 2.31. The van der Waals surface area contributed by atoms with Crippen LogP contribution in [0.25, 0.3) is 0 Å². The van der Waals surface area contributed by atoms with Crippen molar-refractivity contribution in [3.63, 3.8) is 0 Å². The quantitative estimate of drug-likeness (QED) is 0.281. The van der Waals surface area contributed by atoms with E-state index in [-0.39, 0.29) is 16.0 Å². The van der Waals surface area contributed by atoms with Gasteiger partial charge in [-0.05, 0) is 59.7 Å². The van der Waals surface area contributed by atoms with Crippen molar-refractivity contribution in [1.82, 2.24) is 0 Å². The zero-order valence-electron chi connectivity index (χ0n) is 21.0. The van der Waals surface area contributed by atoms with E-state index in [9.17, 15) is 13.2 Å². The molecule has 0 unspecified atom stereocenters. The molecule has 0 heterocycles. The zero-order chi connectivity index (χ0) is 26.5. The normalized spacial score (nSPS) is 11.5. The van der Waals surface area contributed by atoms with Crippen LogP contribution in [0.5, 0.6) is 11.5 Å². The first kappa shape index (κ1) is 26.0. The van der Waals surface area contributed by atoms with E-state index in [2.05, 4.69) is 26.0 Å². The number of hydrogen-bond donors (Lipinski definition) is 0. The van der Waals surface area contributed by atoms with Crippen LogP contribution in [0, 0.1) is 0 Å².